The Morgan fingerprint density at radius 1 is 0.406 bits per heavy atom. The van der Waals surface area contributed by atoms with Crippen molar-refractivity contribution in [2.75, 3.05) is 13.2 Å². The number of unbranched alkanes of at least 4 members (excludes halogenated alkanes) is 39. The molecule has 0 aliphatic heterocycles. The fourth-order valence-electron chi connectivity index (χ4n) is 9.13. The van der Waals surface area contributed by atoms with Crippen molar-refractivity contribution in [2.24, 2.45) is 0 Å². The molecule has 0 aromatic rings. The van der Waals surface area contributed by atoms with Crippen LogP contribution in [0.2, 0.25) is 0 Å². The molecule has 0 saturated heterocycles. The number of hydrogen-bond donors (Lipinski definition) is 3. The predicted octanol–water partition coefficient (Wildman–Crippen LogP) is 19.0. The van der Waals surface area contributed by atoms with Crippen LogP contribution in [0.4, 0.5) is 0 Å². The van der Waals surface area contributed by atoms with Crippen molar-refractivity contribution < 1.29 is 24.5 Å². The number of esters is 1. The fraction of sp³-hybridized carbons (Fsp3) is 0.841. The maximum Gasteiger partial charge on any atom is 0.305 e. The smallest absolute Gasteiger partial charge is 0.305 e. The molecule has 0 radical (unpaired) electrons. The van der Waals surface area contributed by atoms with Crippen molar-refractivity contribution in [3.05, 3.63) is 48.6 Å². The number of amides is 1. The third-order valence-corrected chi connectivity index (χ3v) is 13.8. The topological polar surface area (TPSA) is 95.9 Å². The average Bonchev–Trinajstić information content (AvgIpc) is 3.35. The molecule has 69 heavy (non-hydrogen) atoms. The molecule has 0 aliphatic rings. The van der Waals surface area contributed by atoms with Crippen LogP contribution < -0.4 is 5.32 Å². The maximum absolute atomic E-state index is 12.5. The van der Waals surface area contributed by atoms with E-state index in [2.05, 4.69) is 55.6 Å². The second-order valence-corrected chi connectivity index (χ2v) is 20.7. The largest absolute Gasteiger partial charge is 0.466 e. The molecular formula is C63H117NO5. The molecule has 0 heterocycles. The minimum absolute atomic E-state index is 0.00487. The highest BCUT2D eigenvalue weighted by Gasteiger charge is 2.18. The summed E-state index contributed by atoms with van der Waals surface area (Å²) in [6, 6.07) is -0.636. The first-order valence-electron chi connectivity index (χ1n) is 30.4. The van der Waals surface area contributed by atoms with E-state index in [0.29, 0.717) is 19.4 Å². The summed E-state index contributed by atoms with van der Waals surface area (Å²) in [5.41, 5.74) is 0. The molecule has 0 saturated carbocycles. The number of rotatable bonds is 56. The predicted molar refractivity (Wildman–Crippen MR) is 301 cm³/mol. The van der Waals surface area contributed by atoms with Gasteiger partial charge in [0.25, 0.3) is 0 Å². The van der Waals surface area contributed by atoms with E-state index in [1.807, 2.05) is 6.08 Å². The summed E-state index contributed by atoms with van der Waals surface area (Å²) in [4.78, 5) is 24.5. The first-order valence-corrected chi connectivity index (χ1v) is 30.4. The molecule has 6 nitrogen and oxygen atoms in total. The normalized spacial score (nSPS) is 12.9. The number of allylic oxidation sites excluding steroid dienone is 7. The average molecular weight is 969 g/mol. The Morgan fingerprint density at radius 2 is 0.725 bits per heavy atom. The highest BCUT2D eigenvalue weighted by molar-refractivity contribution is 5.76. The van der Waals surface area contributed by atoms with Crippen molar-refractivity contribution >= 4 is 11.9 Å². The molecule has 6 heteroatoms. The minimum Gasteiger partial charge on any atom is -0.466 e. The van der Waals surface area contributed by atoms with Crippen molar-refractivity contribution in [3.8, 4) is 0 Å². The lowest BCUT2D eigenvalue weighted by atomic mass is 10.0. The van der Waals surface area contributed by atoms with Crippen molar-refractivity contribution in [1.29, 1.82) is 0 Å². The number of carbonyl (C=O) groups excluding carboxylic acids is 2. The van der Waals surface area contributed by atoms with Gasteiger partial charge in [-0.1, -0.05) is 262 Å². The number of aliphatic hydroxyl groups excluding tert-OH is 2. The molecular weight excluding hydrogens is 851 g/mol. The van der Waals surface area contributed by atoms with E-state index in [1.165, 1.54) is 225 Å². The molecule has 0 rings (SSSR count). The molecule has 0 aromatic carbocycles. The van der Waals surface area contributed by atoms with Crippen LogP contribution in [0.15, 0.2) is 48.6 Å². The lowest BCUT2D eigenvalue weighted by molar-refractivity contribution is -0.143. The lowest BCUT2D eigenvalue weighted by Gasteiger charge is -2.20. The van der Waals surface area contributed by atoms with Gasteiger partial charge in [-0.3, -0.25) is 9.59 Å². The minimum atomic E-state index is -0.852. The van der Waals surface area contributed by atoms with E-state index in [1.54, 1.807) is 6.08 Å². The fourth-order valence-corrected chi connectivity index (χ4v) is 9.13. The summed E-state index contributed by atoms with van der Waals surface area (Å²) in [5, 5.41) is 23.1. The monoisotopic (exact) mass is 968 g/mol. The molecule has 0 aliphatic carbocycles. The van der Waals surface area contributed by atoms with Gasteiger partial charge in [-0.05, 0) is 89.9 Å². The van der Waals surface area contributed by atoms with Crippen molar-refractivity contribution in [2.45, 2.75) is 328 Å². The van der Waals surface area contributed by atoms with Crippen molar-refractivity contribution in [1.82, 2.24) is 5.32 Å². The van der Waals surface area contributed by atoms with E-state index in [4.69, 9.17) is 4.74 Å². The molecule has 0 aromatic heterocycles. The number of carbonyl (C=O) groups is 2. The third kappa shape index (κ3) is 55.0. The van der Waals surface area contributed by atoms with Crippen LogP contribution in [0.3, 0.4) is 0 Å². The molecule has 404 valence electrons. The van der Waals surface area contributed by atoms with Gasteiger partial charge < -0.3 is 20.3 Å². The molecule has 0 spiro atoms. The summed E-state index contributed by atoms with van der Waals surface area (Å²) >= 11 is 0. The Bertz CT molecular complexity index is 1160. The first kappa shape index (κ1) is 66.8. The Kier molecular flexibility index (Phi) is 56.5. The Labute approximate surface area is 429 Å². The number of nitrogens with one attached hydrogen (secondary N) is 1. The van der Waals surface area contributed by atoms with Gasteiger partial charge >= 0.3 is 5.97 Å². The standard InChI is InChI=1S/C63H117NO5/c1-3-5-7-9-11-13-15-17-19-24-29-33-37-41-45-49-53-57-63(68)69-58-54-50-46-42-38-34-30-26-23-21-22-25-28-32-36-40-44-48-52-56-62(67)64-60(59-65)61(66)55-51-47-43-39-35-31-27-20-18-16-14-12-10-8-6-4-2/h11,13,17,19,21-22,51,55,60-61,65-66H,3-10,12,14-16,18,20,23-50,52-54,56-59H2,1-2H3,(H,64,67)/b13-11-,19-17-,22-21-,55-51+. The molecule has 2 atom stereocenters. The SMILES string of the molecule is CCCCC/C=C\C/C=C\CCCCCCCCCC(=O)OCCCCCCCCCC/C=C\CCCCCCCCCC(=O)NC(CO)C(O)/C=C/CCCCCCCCCCCCCCCC. The van der Waals surface area contributed by atoms with E-state index >= 15 is 0 Å². The molecule has 3 N–H and O–H groups in total. The number of ether oxygens (including phenoxy) is 1. The molecule has 2 unspecified atom stereocenters. The Morgan fingerprint density at radius 3 is 1.14 bits per heavy atom. The van der Waals surface area contributed by atoms with Gasteiger partial charge in [0.05, 0.1) is 25.4 Å². The molecule has 1 amide bonds. The summed E-state index contributed by atoms with van der Waals surface area (Å²) < 4.78 is 5.48. The van der Waals surface area contributed by atoms with Gasteiger partial charge in [-0.2, -0.15) is 0 Å². The quantitative estimate of drug-likeness (QED) is 0.0321. The summed E-state index contributed by atoms with van der Waals surface area (Å²) in [6.45, 7) is 4.87. The number of hydrogen-bond acceptors (Lipinski definition) is 5. The second-order valence-electron chi connectivity index (χ2n) is 20.7. The lowest BCUT2D eigenvalue weighted by Crippen LogP contribution is -2.45. The second kappa shape index (κ2) is 58.4. The van der Waals surface area contributed by atoms with Gasteiger partial charge in [0.1, 0.15) is 0 Å². The maximum atomic E-state index is 12.5. The van der Waals surface area contributed by atoms with Crippen LogP contribution >= 0.6 is 0 Å². The van der Waals surface area contributed by atoms with Crippen LogP contribution in [0.25, 0.3) is 0 Å². The van der Waals surface area contributed by atoms with E-state index in [0.717, 1.165) is 64.2 Å². The summed E-state index contributed by atoms with van der Waals surface area (Å²) in [6.07, 6.45) is 74.2. The molecule has 0 fully saturated rings. The van der Waals surface area contributed by atoms with Gasteiger partial charge in [0.2, 0.25) is 5.91 Å². The zero-order valence-electron chi connectivity index (χ0n) is 46.0. The first-order chi connectivity index (χ1) is 34.0. The third-order valence-electron chi connectivity index (χ3n) is 13.8. The van der Waals surface area contributed by atoms with Crippen LogP contribution in [-0.4, -0.2) is 47.4 Å². The van der Waals surface area contributed by atoms with Gasteiger partial charge in [-0.15, -0.1) is 0 Å². The highest BCUT2D eigenvalue weighted by atomic mass is 16.5. The zero-order chi connectivity index (χ0) is 50.0. The van der Waals surface area contributed by atoms with Crippen LogP contribution in [0.5, 0.6) is 0 Å². The molecule has 0 bridgehead atoms. The van der Waals surface area contributed by atoms with Crippen molar-refractivity contribution in [3.63, 3.8) is 0 Å². The van der Waals surface area contributed by atoms with E-state index < -0.39 is 12.1 Å². The van der Waals surface area contributed by atoms with Gasteiger partial charge in [-0.25, -0.2) is 0 Å². The Hall–Kier alpha value is -2.18. The van der Waals surface area contributed by atoms with E-state index in [-0.39, 0.29) is 18.5 Å². The van der Waals surface area contributed by atoms with Gasteiger partial charge in [0, 0.05) is 12.8 Å². The summed E-state index contributed by atoms with van der Waals surface area (Å²) in [7, 11) is 0. The summed E-state index contributed by atoms with van der Waals surface area (Å²) in [5.74, 6) is -0.0821. The Balaban J connectivity index is 3.47. The van der Waals surface area contributed by atoms with Gasteiger partial charge in [0.15, 0.2) is 0 Å². The zero-order valence-corrected chi connectivity index (χ0v) is 46.0. The van der Waals surface area contributed by atoms with Crippen LogP contribution in [0, 0.1) is 0 Å². The van der Waals surface area contributed by atoms with Crippen LogP contribution in [0.1, 0.15) is 316 Å². The number of aliphatic hydroxyl groups is 2. The highest BCUT2D eigenvalue weighted by Crippen LogP contribution is 2.16. The van der Waals surface area contributed by atoms with Crippen LogP contribution in [-0.2, 0) is 14.3 Å². The van der Waals surface area contributed by atoms with E-state index in [9.17, 15) is 19.8 Å².